The van der Waals surface area contributed by atoms with Crippen LogP contribution in [-0.4, -0.2) is 14.8 Å². The number of halogens is 1. The Morgan fingerprint density at radius 3 is 2.46 bits per heavy atom. The molecule has 1 aromatic heterocycles. The van der Waals surface area contributed by atoms with Gasteiger partial charge in [0.25, 0.3) is 0 Å². The third kappa shape index (κ3) is 3.42. The molecule has 0 aliphatic rings. The third-order valence-electron chi connectivity index (χ3n) is 1.44. The number of hydrogen-bond donors (Lipinski definition) is 3. The van der Waals surface area contributed by atoms with Crippen LogP contribution in [-0.2, 0) is 4.57 Å². The molecule has 0 aliphatic heterocycles. The van der Waals surface area contributed by atoms with Gasteiger partial charge >= 0.3 is 7.60 Å². The monoisotopic (exact) mass is 224 g/mol. The van der Waals surface area contributed by atoms with Crippen LogP contribution in [0.25, 0.3) is 0 Å². The van der Waals surface area contributed by atoms with Crippen molar-refractivity contribution >= 4 is 7.60 Å². The SMILES string of the molecule is [Cl-].[NH3+]C(c1ccccn1)P(=O)(O)O. The van der Waals surface area contributed by atoms with Crippen molar-refractivity contribution in [3.05, 3.63) is 30.1 Å². The van der Waals surface area contributed by atoms with Crippen LogP contribution in [0.5, 0.6) is 0 Å². The number of rotatable bonds is 2. The van der Waals surface area contributed by atoms with Crippen LogP contribution in [0.4, 0.5) is 0 Å². The average Bonchev–Trinajstić information content (AvgIpc) is 2.03. The molecule has 0 aliphatic carbocycles. The van der Waals surface area contributed by atoms with E-state index in [4.69, 9.17) is 9.79 Å². The van der Waals surface area contributed by atoms with Crippen molar-refractivity contribution in [2.75, 3.05) is 0 Å². The molecule has 5 nitrogen and oxygen atoms in total. The molecule has 1 heterocycles. The highest BCUT2D eigenvalue weighted by atomic mass is 35.5. The van der Waals surface area contributed by atoms with E-state index in [0.717, 1.165) is 0 Å². The molecule has 1 unspecified atom stereocenters. The topological polar surface area (TPSA) is 98.1 Å². The molecule has 0 bridgehead atoms. The summed E-state index contributed by atoms with van der Waals surface area (Å²) < 4.78 is 10.7. The first-order chi connectivity index (χ1) is 5.52. The first kappa shape index (κ1) is 12.6. The van der Waals surface area contributed by atoms with Crippen LogP contribution in [0, 0.1) is 0 Å². The van der Waals surface area contributed by atoms with Crippen LogP contribution in [0.15, 0.2) is 24.4 Å². The standard InChI is InChI=1S/C6H9N2O3P.ClH/c7-6(12(9,10)11)5-3-1-2-4-8-5;/h1-4,6H,7H2,(H2,9,10,11);1H. The molecular formula is C6H10ClN2O3P. The van der Waals surface area contributed by atoms with Crippen molar-refractivity contribution in [3.8, 4) is 0 Å². The van der Waals surface area contributed by atoms with Gasteiger partial charge in [0, 0.05) is 6.20 Å². The Morgan fingerprint density at radius 1 is 1.46 bits per heavy atom. The van der Waals surface area contributed by atoms with Gasteiger partial charge < -0.3 is 27.9 Å². The molecule has 1 rings (SSSR count). The van der Waals surface area contributed by atoms with Crippen molar-refractivity contribution < 1.29 is 32.5 Å². The van der Waals surface area contributed by atoms with Crippen LogP contribution >= 0.6 is 7.60 Å². The molecule has 7 heteroatoms. The molecule has 0 spiro atoms. The molecule has 0 radical (unpaired) electrons. The second kappa shape index (κ2) is 4.69. The lowest BCUT2D eigenvalue weighted by Gasteiger charge is -2.08. The maximum atomic E-state index is 10.7. The number of quaternary nitrogens is 1. The first-order valence-corrected chi connectivity index (χ1v) is 4.99. The zero-order valence-corrected chi connectivity index (χ0v) is 8.32. The molecule has 0 saturated carbocycles. The minimum Gasteiger partial charge on any atom is -1.00 e. The molecule has 74 valence electrons. The van der Waals surface area contributed by atoms with E-state index in [1.165, 1.54) is 12.3 Å². The number of pyridine rings is 1. The molecular weight excluding hydrogens is 215 g/mol. The molecule has 1 atom stereocenters. The maximum Gasteiger partial charge on any atom is 0.388 e. The number of hydrogen-bond acceptors (Lipinski definition) is 2. The van der Waals surface area contributed by atoms with Crippen molar-refractivity contribution in [3.63, 3.8) is 0 Å². The van der Waals surface area contributed by atoms with Gasteiger partial charge in [-0.2, -0.15) is 0 Å². The quantitative estimate of drug-likeness (QED) is 0.454. The van der Waals surface area contributed by atoms with Gasteiger partial charge in [0.05, 0.1) is 0 Å². The van der Waals surface area contributed by atoms with E-state index in [-0.39, 0.29) is 12.4 Å². The van der Waals surface area contributed by atoms with Crippen molar-refractivity contribution in [1.82, 2.24) is 4.98 Å². The minimum atomic E-state index is -4.15. The molecule has 0 amide bonds. The Labute approximate surface area is 81.6 Å². The third-order valence-corrected chi connectivity index (χ3v) is 2.51. The van der Waals surface area contributed by atoms with E-state index in [9.17, 15) is 4.57 Å². The van der Waals surface area contributed by atoms with E-state index < -0.39 is 13.4 Å². The highest BCUT2D eigenvalue weighted by Crippen LogP contribution is 2.45. The second-order valence-electron chi connectivity index (χ2n) is 2.36. The summed E-state index contributed by atoms with van der Waals surface area (Å²) >= 11 is 0. The van der Waals surface area contributed by atoms with Gasteiger partial charge in [-0.15, -0.1) is 0 Å². The van der Waals surface area contributed by atoms with Gasteiger partial charge in [-0.3, -0.25) is 9.55 Å². The van der Waals surface area contributed by atoms with Gasteiger partial charge in [0.2, 0.25) is 5.78 Å². The van der Waals surface area contributed by atoms with Gasteiger partial charge in [-0.05, 0) is 12.1 Å². The van der Waals surface area contributed by atoms with Crippen LogP contribution < -0.4 is 18.1 Å². The van der Waals surface area contributed by atoms with Gasteiger partial charge in [0.1, 0.15) is 5.69 Å². The van der Waals surface area contributed by atoms with Gasteiger partial charge in [0.15, 0.2) is 0 Å². The Hall–Kier alpha value is -0.450. The summed E-state index contributed by atoms with van der Waals surface area (Å²) in [4.78, 5) is 21.3. The van der Waals surface area contributed by atoms with Gasteiger partial charge in [-0.25, -0.2) is 0 Å². The summed E-state index contributed by atoms with van der Waals surface area (Å²) in [5.41, 5.74) is 3.66. The maximum absolute atomic E-state index is 10.7. The van der Waals surface area contributed by atoms with Crippen LogP contribution in [0.3, 0.4) is 0 Å². The van der Waals surface area contributed by atoms with Crippen molar-refractivity contribution in [2.24, 2.45) is 0 Å². The lowest BCUT2D eigenvalue weighted by molar-refractivity contribution is -0.400. The summed E-state index contributed by atoms with van der Waals surface area (Å²) in [6.07, 6.45) is 1.48. The zero-order valence-electron chi connectivity index (χ0n) is 6.67. The van der Waals surface area contributed by atoms with Gasteiger partial charge in [-0.1, -0.05) is 6.07 Å². The van der Waals surface area contributed by atoms with E-state index in [0.29, 0.717) is 5.69 Å². The summed E-state index contributed by atoms with van der Waals surface area (Å²) in [5.74, 6) is -1.07. The lowest BCUT2D eigenvalue weighted by Crippen LogP contribution is -3.00. The number of aromatic nitrogens is 1. The van der Waals surface area contributed by atoms with E-state index >= 15 is 0 Å². The van der Waals surface area contributed by atoms with E-state index in [1.807, 2.05) is 0 Å². The predicted octanol–water partition coefficient (Wildman–Crippen LogP) is -3.50. The minimum absolute atomic E-state index is 0. The Balaban J connectivity index is 0.00000144. The van der Waals surface area contributed by atoms with Crippen LogP contribution in [0.2, 0.25) is 0 Å². The highest BCUT2D eigenvalue weighted by molar-refractivity contribution is 7.51. The lowest BCUT2D eigenvalue weighted by atomic mass is 10.3. The molecule has 13 heavy (non-hydrogen) atoms. The average molecular weight is 225 g/mol. The Kier molecular flexibility index (Phi) is 4.53. The number of nitrogens with zero attached hydrogens (tertiary/aromatic N) is 1. The fourth-order valence-corrected chi connectivity index (χ4v) is 1.24. The smallest absolute Gasteiger partial charge is 0.388 e. The van der Waals surface area contributed by atoms with Crippen LogP contribution in [0.1, 0.15) is 11.5 Å². The Morgan fingerprint density at radius 2 is 2.08 bits per heavy atom. The van der Waals surface area contributed by atoms with Crippen molar-refractivity contribution in [1.29, 1.82) is 0 Å². The zero-order chi connectivity index (χ0) is 9.19. The molecule has 0 saturated heterocycles. The van der Waals surface area contributed by atoms with Crippen molar-refractivity contribution in [2.45, 2.75) is 5.78 Å². The molecule has 1 aromatic rings. The van der Waals surface area contributed by atoms with E-state index in [2.05, 4.69) is 10.7 Å². The summed E-state index contributed by atoms with van der Waals surface area (Å²) in [7, 11) is -4.15. The highest BCUT2D eigenvalue weighted by Gasteiger charge is 2.31. The normalized spacial score (nSPS) is 13.2. The first-order valence-electron chi connectivity index (χ1n) is 3.31. The fraction of sp³-hybridized carbons (Fsp3) is 0.167. The molecule has 5 N–H and O–H groups in total. The largest absolute Gasteiger partial charge is 1.00 e. The predicted molar refractivity (Wildman–Crippen MR) is 41.9 cm³/mol. The molecule has 0 fully saturated rings. The second-order valence-corrected chi connectivity index (χ2v) is 4.16. The summed E-state index contributed by atoms with van der Waals surface area (Å²) in [5, 5.41) is 0. The summed E-state index contributed by atoms with van der Waals surface area (Å²) in [6, 6.07) is 4.88. The Bertz CT molecular complexity index is 302. The summed E-state index contributed by atoms with van der Waals surface area (Å²) in [6.45, 7) is 0. The fourth-order valence-electron chi connectivity index (χ4n) is 0.745. The van der Waals surface area contributed by atoms with E-state index in [1.54, 1.807) is 12.1 Å². The molecule has 0 aromatic carbocycles.